The van der Waals surface area contributed by atoms with Crippen molar-refractivity contribution in [3.8, 4) is 0 Å². The van der Waals surface area contributed by atoms with Gasteiger partial charge in [-0.2, -0.15) is 4.73 Å². The van der Waals surface area contributed by atoms with Crippen LogP contribution in [0.15, 0.2) is 18.2 Å². The summed E-state index contributed by atoms with van der Waals surface area (Å²) in [4.78, 5) is 0. The van der Waals surface area contributed by atoms with Gasteiger partial charge in [0.15, 0.2) is 0 Å². The fraction of sp³-hybridized carbons (Fsp3) is 0. The van der Waals surface area contributed by atoms with Crippen LogP contribution in [0.2, 0.25) is 0 Å². The van der Waals surface area contributed by atoms with Gasteiger partial charge in [0.1, 0.15) is 0 Å². The fourth-order valence-corrected chi connectivity index (χ4v) is 0.307. The van der Waals surface area contributed by atoms with Crippen molar-refractivity contribution in [3.63, 3.8) is 0 Å². The second-order valence-electron chi connectivity index (χ2n) is 1.08. The molecule has 34 valence electrons. The molecular weight excluding hydrogens is 90.1 g/mol. The Hall–Kier alpha value is -1.05. The maximum atomic E-state index is 10.1. The molecule has 2 nitrogen and oxygen atoms in total. The van der Waals surface area contributed by atoms with Crippen LogP contribution in [0.5, 0.6) is 0 Å². The summed E-state index contributed by atoms with van der Waals surface area (Å²) < 4.78 is 0.500. The smallest absolute Gasteiger partial charge is 0.290 e. The molecule has 1 aromatic heterocycles. The minimum atomic E-state index is 0.500. The summed E-state index contributed by atoms with van der Waals surface area (Å²) in [7, 11) is 0. The largest absolute Gasteiger partial charge is 0.617 e. The minimum Gasteiger partial charge on any atom is -0.617 e. The van der Waals surface area contributed by atoms with Crippen molar-refractivity contribution < 1.29 is 4.73 Å². The summed E-state index contributed by atoms with van der Waals surface area (Å²) in [6.45, 7) is 0. The molecule has 0 saturated carbocycles. The Kier molecular flexibility index (Phi) is 0.941. The summed E-state index contributed by atoms with van der Waals surface area (Å²) in [5, 5.41) is 10.1. The van der Waals surface area contributed by atoms with E-state index in [0.717, 1.165) is 0 Å². The average molecular weight is 93.1 g/mol. The van der Waals surface area contributed by atoms with Crippen LogP contribution in [-0.4, -0.2) is 0 Å². The SMILES string of the molecule is [O-][n+]1[c]ccc[c]1. The van der Waals surface area contributed by atoms with Gasteiger partial charge in [0.25, 0.3) is 12.4 Å². The topological polar surface area (TPSA) is 26.9 Å². The zero-order valence-electron chi connectivity index (χ0n) is 3.59. The standard InChI is InChI=1S/C5H3NO/c7-6-4-2-1-3-5-6/h1-3H. The molecule has 0 aliphatic rings. The van der Waals surface area contributed by atoms with Crippen LogP contribution in [0, 0.1) is 17.6 Å². The van der Waals surface area contributed by atoms with Crippen molar-refractivity contribution in [1.29, 1.82) is 0 Å². The molecule has 0 aromatic carbocycles. The van der Waals surface area contributed by atoms with E-state index in [1.165, 1.54) is 12.1 Å². The van der Waals surface area contributed by atoms with Crippen LogP contribution in [-0.2, 0) is 0 Å². The van der Waals surface area contributed by atoms with Gasteiger partial charge < -0.3 is 5.21 Å². The van der Waals surface area contributed by atoms with Crippen LogP contribution in [0.4, 0.5) is 0 Å². The molecule has 2 heteroatoms. The summed E-state index contributed by atoms with van der Waals surface area (Å²) in [6.07, 6.45) is 4.67. The Labute approximate surface area is 41.6 Å². The Morgan fingerprint density at radius 3 is 2.14 bits per heavy atom. The molecule has 1 heterocycles. The molecule has 0 amide bonds. The van der Waals surface area contributed by atoms with Crippen molar-refractivity contribution in [1.82, 2.24) is 0 Å². The predicted octanol–water partition coefficient (Wildman–Crippen LogP) is -0.0796. The highest BCUT2D eigenvalue weighted by molar-refractivity contribution is 4.81. The lowest BCUT2D eigenvalue weighted by molar-refractivity contribution is -0.614. The number of aromatic nitrogens is 1. The molecule has 0 saturated heterocycles. The van der Waals surface area contributed by atoms with E-state index in [1.54, 1.807) is 6.07 Å². The average Bonchev–Trinajstić information content (AvgIpc) is 1.69. The monoisotopic (exact) mass is 93.0 g/mol. The van der Waals surface area contributed by atoms with E-state index >= 15 is 0 Å². The second kappa shape index (κ2) is 1.60. The molecule has 0 unspecified atom stereocenters. The molecular formula is C5H3NO. The fourth-order valence-electron chi connectivity index (χ4n) is 0.307. The van der Waals surface area contributed by atoms with Crippen molar-refractivity contribution in [2.75, 3.05) is 0 Å². The number of rotatable bonds is 0. The van der Waals surface area contributed by atoms with Crippen LogP contribution in [0.25, 0.3) is 0 Å². The van der Waals surface area contributed by atoms with Crippen molar-refractivity contribution >= 4 is 0 Å². The molecule has 0 atom stereocenters. The molecule has 0 spiro atoms. The highest BCUT2D eigenvalue weighted by Gasteiger charge is 1.80. The molecule has 7 heavy (non-hydrogen) atoms. The highest BCUT2D eigenvalue weighted by Crippen LogP contribution is 1.69. The van der Waals surface area contributed by atoms with Gasteiger partial charge in [-0.05, 0) is 6.07 Å². The first-order valence-electron chi connectivity index (χ1n) is 1.87. The first kappa shape index (κ1) is 4.12. The normalized spacial score (nSPS) is 8.57. The predicted molar refractivity (Wildman–Crippen MR) is 23.1 cm³/mol. The lowest BCUT2D eigenvalue weighted by atomic mass is 10.5. The maximum Gasteiger partial charge on any atom is 0.290 e. The summed E-state index contributed by atoms with van der Waals surface area (Å²) in [5.41, 5.74) is 0. The maximum absolute atomic E-state index is 10.1. The van der Waals surface area contributed by atoms with Crippen LogP contribution in [0.1, 0.15) is 0 Å². The summed E-state index contributed by atoms with van der Waals surface area (Å²) in [5.74, 6) is 0. The molecule has 0 aliphatic carbocycles. The van der Waals surface area contributed by atoms with Gasteiger partial charge in [0, 0.05) is 12.1 Å². The van der Waals surface area contributed by atoms with E-state index in [4.69, 9.17) is 0 Å². The Morgan fingerprint density at radius 1 is 1.29 bits per heavy atom. The summed E-state index contributed by atoms with van der Waals surface area (Å²) >= 11 is 0. The molecule has 0 aliphatic heterocycles. The van der Waals surface area contributed by atoms with Gasteiger partial charge >= 0.3 is 0 Å². The Morgan fingerprint density at radius 2 is 1.86 bits per heavy atom. The molecule has 0 N–H and O–H groups in total. The molecule has 0 fully saturated rings. The van der Waals surface area contributed by atoms with E-state index < -0.39 is 0 Å². The van der Waals surface area contributed by atoms with E-state index in [-0.39, 0.29) is 0 Å². The van der Waals surface area contributed by atoms with E-state index in [2.05, 4.69) is 12.4 Å². The van der Waals surface area contributed by atoms with Gasteiger partial charge in [-0.15, -0.1) is 0 Å². The highest BCUT2D eigenvalue weighted by atomic mass is 16.5. The lowest BCUT2D eigenvalue weighted by Crippen LogP contribution is -2.24. The van der Waals surface area contributed by atoms with Crippen molar-refractivity contribution in [3.05, 3.63) is 35.8 Å². The number of pyridine rings is 1. The third kappa shape index (κ3) is 0.892. The molecule has 1 aromatic rings. The quantitative estimate of drug-likeness (QED) is 0.325. The van der Waals surface area contributed by atoms with Gasteiger partial charge in [0.05, 0.1) is 0 Å². The Bertz CT molecular complexity index is 138. The van der Waals surface area contributed by atoms with Crippen LogP contribution < -0.4 is 4.73 Å². The van der Waals surface area contributed by atoms with E-state index in [9.17, 15) is 5.21 Å². The van der Waals surface area contributed by atoms with Crippen LogP contribution in [0.3, 0.4) is 0 Å². The Balaban J connectivity index is 3.02. The second-order valence-corrected chi connectivity index (χ2v) is 1.08. The zero-order valence-corrected chi connectivity index (χ0v) is 3.59. The van der Waals surface area contributed by atoms with E-state index in [0.29, 0.717) is 4.73 Å². The summed E-state index contributed by atoms with van der Waals surface area (Å²) in [6, 6.07) is 4.75. The van der Waals surface area contributed by atoms with Gasteiger partial charge in [-0.3, -0.25) is 0 Å². The zero-order chi connectivity index (χ0) is 5.11. The third-order valence-electron chi connectivity index (χ3n) is 0.576. The first-order valence-corrected chi connectivity index (χ1v) is 1.87. The number of nitrogens with zero attached hydrogens (tertiary/aromatic N) is 1. The van der Waals surface area contributed by atoms with Gasteiger partial charge in [0.2, 0.25) is 0 Å². The molecule has 0 bridgehead atoms. The third-order valence-corrected chi connectivity index (χ3v) is 0.576. The van der Waals surface area contributed by atoms with Gasteiger partial charge in [-0.1, -0.05) is 0 Å². The van der Waals surface area contributed by atoms with Crippen molar-refractivity contribution in [2.45, 2.75) is 0 Å². The van der Waals surface area contributed by atoms with Crippen LogP contribution >= 0.6 is 0 Å². The first-order chi connectivity index (χ1) is 3.39. The van der Waals surface area contributed by atoms with Crippen molar-refractivity contribution in [2.24, 2.45) is 0 Å². The van der Waals surface area contributed by atoms with E-state index in [1.807, 2.05) is 0 Å². The number of hydrogen-bond acceptors (Lipinski definition) is 1. The number of hydrogen-bond donors (Lipinski definition) is 0. The van der Waals surface area contributed by atoms with Gasteiger partial charge in [-0.25, -0.2) is 0 Å². The molecule has 2 radical (unpaired) electrons. The lowest BCUT2D eigenvalue weighted by Gasteiger charge is -1.84. The molecule has 1 rings (SSSR count). The minimum absolute atomic E-state index is 0.500.